The zero-order valence-corrected chi connectivity index (χ0v) is 12.1. The van der Waals surface area contributed by atoms with E-state index in [0.29, 0.717) is 27.7 Å². The lowest BCUT2D eigenvalue weighted by atomic mass is 10.4. The molecule has 0 bridgehead atoms. The van der Waals surface area contributed by atoms with E-state index in [1.54, 1.807) is 23.9 Å². The van der Waals surface area contributed by atoms with Crippen LogP contribution >= 0.6 is 11.8 Å². The fraction of sp³-hybridized carbons (Fsp3) is 0.250. The molecule has 0 unspecified atom stereocenters. The molecule has 9 heteroatoms. The monoisotopic (exact) mass is 305 g/mol. The fourth-order valence-corrected chi connectivity index (χ4v) is 2.57. The highest BCUT2D eigenvalue weighted by molar-refractivity contribution is 7.98. The molecule has 0 saturated heterocycles. The number of nitrogens with zero attached hydrogens (tertiary/aromatic N) is 5. The first-order valence-electron chi connectivity index (χ1n) is 5.99. The van der Waals surface area contributed by atoms with E-state index < -0.39 is 5.97 Å². The number of esters is 1. The maximum atomic E-state index is 11.3. The molecular weight excluding hydrogens is 294 g/mol. The van der Waals surface area contributed by atoms with Crippen LogP contribution in [0.15, 0.2) is 27.9 Å². The number of aromatic nitrogens is 5. The largest absolute Gasteiger partial charge is 0.463 e. The lowest BCUT2D eigenvalue weighted by molar-refractivity contribution is 0.0563. The second-order valence-electron chi connectivity index (χ2n) is 4.11. The van der Waals surface area contributed by atoms with Crippen molar-refractivity contribution in [3.05, 3.63) is 30.0 Å². The number of fused-ring (bicyclic) bond motifs is 1. The SMILES string of the molecule is COC(=O)c1ccc(CSc2ncnc3c2nnn3C)o1. The van der Waals surface area contributed by atoms with Gasteiger partial charge in [0.2, 0.25) is 5.76 Å². The van der Waals surface area contributed by atoms with Crippen LogP contribution in [0.1, 0.15) is 16.3 Å². The number of ether oxygens (including phenoxy) is 1. The van der Waals surface area contributed by atoms with Gasteiger partial charge in [-0.2, -0.15) is 0 Å². The molecule has 0 saturated carbocycles. The average Bonchev–Trinajstić information content (AvgIpc) is 3.12. The Kier molecular flexibility index (Phi) is 3.57. The number of thioether (sulfide) groups is 1. The van der Waals surface area contributed by atoms with Crippen LogP contribution in [0.5, 0.6) is 0 Å². The van der Waals surface area contributed by atoms with E-state index in [2.05, 4.69) is 25.0 Å². The zero-order valence-electron chi connectivity index (χ0n) is 11.3. The number of hydrogen-bond acceptors (Lipinski definition) is 8. The molecule has 0 fully saturated rings. The van der Waals surface area contributed by atoms with Crippen molar-refractivity contribution in [3.8, 4) is 0 Å². The third kappa shape index (κ3) is 2.59. The molecule has 0 radical (unpaired) electrons. The van der Waals surface area contributed by atoms with Crippen molar-refractivity contribution in [2.75, 3.05) is 7.11 Å². The molecule has 3 aromatic heterocycles. The van der Waals surface area contributed by atoms with E-state index in [0.717, 1.165) is 0 Å². The van der Waals surface area contributed by atoms with Gasteiger partial charge in [-0.1, -0.05) is 17.0 Å². The second kappa shape index (κ2) is 5.52. The molecule has 108 valence electrons. The van der Waals surface area contributed by atoms with E-state index in [4.69, 9.17) is 4.42 Å². The van der Waals surface area contributed by atoms with E-state index in [9.17, 15) is 4.79 Å². The maximum Gasteiger partial charge on any atom is 0.373 e. The van der Waals surface area contributed by atoms with Gasteiger partial charge in [0.25, 0.3) is 0 Å². The van der Waals surface area contributed by atoms with Crippen LogP contribution < -0.4 is 0 Å². The van der Waals surface area contributed by atoms with Crippen LogP contribution in [0.3, 0.4) is 0 Å². The Labute approximate surface area is 123 Å². The van der Waals surface area contributed by atoms with Crippen molar-refractivity contribution in [1.29, 1.82) is 0 Å². The minimum Gasteiger partial charge on any atom is -0.463 e. The zero-order chi connectivity index (χ0) is 14.8. The highest BCUT2D eigenvalue weighted by Crippen LogP contribution is 2.26. The van der Waals surface area contributed by atoms with Gasteiger partial charge in [0, 0.05) is 7.05 Å². The molecule has 0 atom stereocenters. The third-order valence-corrected chi connectivity index (χ3v) is 3.76. The first-order valence-corrected chi connectivity index (χ1v) is 6.98. The highest BCUT2D eigenvalue weighted by Gasteiger charge is 2.13. The van der Waals surface area contributed by atoms with Crippen molar-refractivity contribution in [1.82, 2.24) is 25.0 Å². The Morgan fingerprint density at radius 1 is 1.43 bits per heavy atom. The standard InChI is InChI=1S/C12H11N5O3S/c1-17-10-9(15-16-17)11(14-6-13-10)21-5-7-3-4-8(20-7)12(18)19-2/h3-4,6H,5H2,1-2H3. The summed E-state index contributed by atoms with van der Waals surface area (Å²) in [7, 11) is 3.08. The summed E-state index contributed by atoms with van der Waals surface area (Å²) >= 11 is 1.44. The second-order valence-corrected chi connectivity index (χ2v) is 5.07. The summed E-state index contributed by atoms with van der Waals surface area (Å²) in [5, 5.41) is 8.67. The van der Waals surface area contributed by atoms with Crippen molar-refractivity contribution in [2.24, 2.45) is 7.05 Å². The van der Waals surface area contributed by atoms with E-state index >= 15 is 0 Å². The highest BCUT2D eigenvalue weighted by atomic mass is 32.2. The van der Waals surface area contributed by atoms with Crippen LogP contribution in [-0.4, -0.2) is 38.0 Å². The molecule has 0 aliphatic heterocycles. The Balaban J connectivity index is 1.77. The predicted molar refractivity (Wildman–Crippen MR) is 73.7 cm³/mol. The summed E-state index contributed by atoms with van der Waals surface area (Å²) in [6.07, 6.45) is 1.47. The maximum absolute atomic E-state index is 11.3. The minimum absolute atomic E-state index is 0.181. The number of methoxy groups -OCH3 is 1. The van der Waals surface area contributed by atoms with E-state index in [1.165, 1.54) is 25.2 Å². The predicted octanol–water partition coefficient (Wildman–Crippen LogP) is 1.43. The van der Waals surface area contributed by atoms with Gasteiger partial charge >= 0.3 is 5.97 Å². The van der Waals surface area contributed by atoms with Crippen molar-refractivity contribution in [2.45, 2.75) is 10.8 Å². The van der Waals surface area contributed by atoms with Gasteiger partial charge in [0.1, 0.15) is 17.1 Å². The molecule has 3 aromatic rings. The molecule has 0 aromatic carbocycles. The van der Waals surface area contributed by atoms with Gasteiger partial charge in [-0.05, 0) is 12.1 Å². The molecule has 21 heavy (non-hydrogen) atoms. The molecule has 0 aliphatic carbocycles. The van der Waals surface area contributed by atoms with Gasteiger partial charge in [-0.25, -0.2) is 19.4 Å². The summed E-state index contributed by atoms with van der Waals surface area (Å²) in [4.78, 5) is 19.6. The number of furan rings is 1. The molecule has 3 heterocycles. The lowest BCUT2D eigenvalue weighted by Gasteiger charge is -1.99. The smallest absolute Gasteiger partial charge is 0.373 e. The normalized spacial score (nSPS) is 11.0. The summed E-state index contributed by atoms with van der Waals surface area (Å²) in [5.41, 5.74) is 1.31. The first kappa shape index (κ1) is 13.6. The van der Waals surface area contributed by atoms with Gasteiger partial charge < -0.3 is 9.15 Å². The average molecular weight is 305 g/mol. The van der Waals surface area contributed by atoms with E-state index in [-0.39, 0.29) is 5.76 Å². The minimum atomic E-state index is -0.496. The van der Waals surface area contributed by atoms with Crippen LogP contribution in [0.2, 0.25) is 0 Å². The van der Waals surface area contributed by atoms with Crippen LogP contribution in [0.25, 0.3) is 11.2 Å². The summed E-state index contributed by atoms with van der Waals surface area (Å²) in [6, 6.07) is 3.31. The van der Waals surface area contributed by atoms with Crippen LogP contribution in [-0.2, 0) is 17.5 Å². The van der Waals surface area contributed by atoms with Crippen LogP contribution in [0.4, 0.5) is 0 Å². The van der Waals surface area contributed by atoms with Gasteiger partial charge in [0.05, 0.1) is 12.9 Å². The molecule has 8 nitrogen and oxygen atoms in total. The van der Waals surface area contributed by atoms with Gasteiger partial charge in [-0.3, -0.25) is 0 Å². The Bertz CT molecular complexity index is 797. The number of hydrogen-bond donors (Lipinski definition) is 0. The molecule has 3 rings (SSSR count). The number of aryl methyl sites for hydroxylation is 1. The Hall–Kier alpha value is -2.42. The number of rotatable bonds is 4. The molecule has 0 spiro atoms. The van der Waals surface area contributed by atoms with E-state index in [1.807, 2.05) is 0 Å². The van der Waals surface area contributed by atoms with Gasteiger partial charge in [0.15, 0.2) is 11.2 Å². The van der Waals surface area contributed by atoms with Crippen LogP contribution in [0, 0.1) is 0 Å². The molecule has 0 N–H and O–H groups in total. The first-order chi connectivity index (χ1) is 10.2. The molecular formula is C12H11N5O3S. The Morgan fingerprint density at radius 2 is 2.29 bits per heavy atom. The fourth-order valence-electron chi connectivity index (χ4n) is 1.74. The summed E-state index contributed by atoms with van der Waals surface area (Å²) in [6.45, 7) is 0. The molecule has 0 amide bonds. The lowest BCUT2D eigenvalue weighted by Crippen LogP contribution is -1.98. The van der Waals surface area contributed by atoms with Crippen molar-refractivity contribution in [3.63, 3.8) is 0 Å². The summed E-state index contributed by atoms with van der Waals surface area (Å²) < 4.78 is 11.6. The topological polar surface area (TPSA) is 95.9 Å². The number of carbonyl (C=O) groups excluding carboxylic acids is 1. The quantitative estimate of drug-likeness (QED) is 0.406. The third-order valence-electron chi connectivity index (χ3n) is 2.75. The van der Waals surface area contributed by atoms with Crippen molar-refractivity contribution < 1.29 is 13.9 Å². The van der Waals surface area contributed by atoms with Crippen molar-refractivity contribution >= 4 is 28.9 Å². The Morgan fingerprint density at radius 3 is 3.10 bits per heavy atom. The van der Waals surface area contributed by atoms with Gasteiger partial charge in [-0.15, -0.1) is 5.10 Å². The summed E-state index contributed by atoms with van der Waals surface area (Å²) in [5.74, 6) is 0.848. The number of carbonyl (C=O) groups is 1. The molecule has 0 aliphatic rings.